The van der Waals surface area contributed by atoms with Crippen molar-refractivity contribution in [2.24, 2.45) is 0 Å². The van der Waals surface area contributed by atoms with Crippen molar-refractivity contribution in [2.45, 2.75) is 12.8 Å². The summed E-state index contributed by atoms with van der Waals surface area (Å²) in [5.41, 5.74) is 2.56. The van der Waals surface area contributed by atoms with Crippen molar-refractivity contribution in [1.82, 2.24) is 4.98 Å². The summed E-state index contributed by atoms with van der Waals surface area (Å²) in [6, 6.07) is 5.82. The first kappa shape index (κ1) is 10.2. The van der Waals surface area contributed by atoms with E-state index in [1.807, 2.05) is 12.1 Å². The summed E-state index contributed by atoms with van der Waals surface area (Å²) in [4.78, 5) is 14.5. The molecule has 0 amide bonds. The monoisotopic (exact) mass is 231 g/mol. The van der Waals surface area contributed by atoms with Crippen molar-refractivity contribution >= 4 is 16.9 Å². The number of nitrogens with one attached hydrogen (secondary N) is 1. The third-order valence-corrected chi connectivity index (χ3v) is 3.20. The summed E-state index contributed by atoms with van der Waals surface area (Å²) in [5, 5.41) is 0.951. The molecule has 4 heteroatoms. The molecule has 17 heavy (non-hydrogen) atoms. The summed E-state index contributed by atoms with van der Waals surface area (Å²) in [7, 11) is 1.37. The number of hydrogen-bond acceptors (Lipinski definition) is 3. The van der Waals surface area contributed by atoms with Crippen molar-refractivity contribution in [3.05, 3.63) is 29.5 Å². The average Bonchev–Trinajstić information content (AvgIpc) is 2.91. The molecule has 1 atom stereocenters. The summed E-state index contributed by atoms with van der Waals surface area (Å²) in [5.74, 6) is 0.938. The standard InChI is InChI=1S/C13H13NO3/c1-7-6-17-12-8(7)3-4-10-9(12)5-11(14-10)13(15)16-2/h3-5,7,14H,6H2,1-2H3/t7-/m1/s1. The molecule has 4 nitrogen and oxygen atoms in total. The molecule has 1 N–H and O–H groups in total. The Bertz CT molecular complexity index is 600. The highest BCUT2D eigenvalue weighted by molar-refractivity contribution is 5.97. The number of ether oxygens (including phenoxy) is 2. The van der Waals surface area contributed by atoms with E-state index in [1.165, 1.54) is 12.7 Å². The molecule has 1 aromatic carbocycles. The van der Waals surface area contributed by atoms with Crippen LogP contribution in [0.2, 0.25) is 0 Å². The number of carbonyl (C=O) groups is 1. The molecule has 88 valence electrons. The van der Waals surface area contributed by atoms with Gasteiger partial charge < -0.3 is 14.5 Å². The van der Waals surface area contributed by atoms with Crippen molar-refractivity contribution in [3.63, 3.8) is 0 Å². The lowest BCUT2D eigenvalue weighted by Gasteiger charge is -2.00. The number of hydrogen-bond donors (Lipinski definition) is 1. The fourth-order valence-electron chi connectivity index (χ4n) is 2.26. The summed E-state index contributed by atoms with van der Waals surface area (Å²) >= 11 is 0. The van der Waals surface area contributed by atoms with E-state index in [9.17, 15) is 4.79 Å². The highest BCUT2D eigenvalue weighted by Crippen LogP contribution is 2.39. The Morgan fingerprint density at radius 2 is 2.35 bits per heavy atom. The molecule has 1 aliphatic rings. The average molecular weight is 231 g/mol. The maximum atomic E-state index is 11.5. The third kappa shape index (κ3) is 1.40. The number of benzene rings is 1. The minimum atomic E-state index is -0.360. The van der Waals surface area contributed by atoms with Gasteiger partial charge in [-0.2, -0.15) is 0 Å². The number of methoxy groups -OCH3 is 1. The van der Waals surface area contributed by atoms with Crippen LogP contribution in [-0.2, 0) is 4.74 Å². The van der Waals surface area contributed by atoms with Crippen LogP contribution in [0.5, 0.6) is 5.75 Å². The molecule has 1 aliphatic heterocycles. The fraction of sp³-hybridized carbons (Fsp3) is 0.308. The highest BCUT2D eigenvalue weighted by atomic mass is 16.5. The summed E-state index contributed by atoms with van der Waals surface area (Å²) in [6.45, 7) is 2.83. The minimum absolute atomic E-state index is 0.360. The fourth-order valence-corrected chi connectivity index (χ4v) is 2.26. The van der Waals surface area contributed by atoms with Gasteiger partial charge in [0.25, 0.3) is 0 Å². The van der Waals surface area contributed by atoms with E-state index >= 15 is 0 Å². The second-order valence-corrected chi connectivity index (χ2v) is 4.33. The maximum absolute atomic E-state index is 11.5. The van der Waals surface area contributed by atoms with Gasteiger partial charge in [0.2, 0.25) is 0 Å². The molecule has 0 saturated heterocycles. The molecule has 0 unspecified atom stereocenters. The predicted octanol–water partition coefficient (Wildman–Crippen LogP) is 2.45. The number of aromatic nitrogens is 1. The van der Waals surface area contributed by atoms with Gasteiger partial charge in [-0.1, -0.05) is 13.0 Å². The van der Waals surface area contributed by atoms with Gasteiger partial charge in [-0.25, -0.2) is 4.79 Å². The molecular formula is C13H13NO3. The van der Waals surface area contributed by atoms with E-state index in [0.717, 1.165) is 16.7 Å². The molecule has 0 fully saturated rings. The van der Waals surface area contributed by atoms with Crippen molar-refractivity contribution in [3.8, 4) is 5.75 Å². The van der Waals surface area contributed by atoms with Crippen LogP contribution in [0.25, 0.3) is 10.9 Å². The van der Waals surface area contributed by atoms with Gasteiger partial charge in [-0.15, -0.1) is 0 Å². The zero-order valence-electron chi connectivity index (χ0n) is 9.74. The van der Waals surface area contributed by atoms with Crippen LogP contribution in [0.15, 0.2) is 18.2 Å². The number of carbonyl (C=O) groups excluding carboxylic acids is 1. The molecule has 0 bridgehead atoms. The number of fused-ring (bicyclic) bond motifs is 3. The molecule has 2 aromatic rings. The number of esters is 1. The first-order chi connectivity index (χ1) is 8.20. The van der Waals surface area contributed by atoms with Crippen molar-refractivity contribution in [2.75, 3.05) is 13.7 Å². The van der Waals surface area contributed by atoms with Crippen LogP contribution in [0.4, 0.5) is 0 Å². The lowest BCUT2D eigenvalue weighted by molar-refractivity contribution is 0.0595. The highest BCUT2D eigenvalue weighted by Gasteiger charge is 2.23. The summed E-state index contributed by atoms with van der Waals surface area (Å²) < 4.78 is 10.4. The van der Waals surface area contributed by atoms with Crippen LogP contribution in [-0.4, -0.2) is 24.7 Å². The van der Waals surface area contributed by atoms with Crippen molar-refractivity contribution < 1.29 is 14.3 Å². The molecule has 0 saturated carbocycles. The number of H-pyrrole nitrogens is 1. The van der Waals surface area contributed by atoms with Crippen LogP contribution in [0, 0.1) is 0 Å². The van der Waals surface area contributed by atoms with E-state index in [0.29, 0.717) is 18.2 Å². The van der Waals surface area contributed by atoms with Crippen molar-refractivity contribution in [1.29, 1.82) is 0 Å². The van der Waals surface area contributed by atoms with E-state index in [4.69, 9.17) is 9.47 Å². The minimum Gasteiger partial charge on any atom is -0.492 e. The lowest BCUT2D eigenvalue weighted by Crippen LogP contribution is -2.00. The van der Waals surface area contributed by atoms with Gasteiger partial charge in [-0.05, 0) is 12.1 Å². The quantitative estimate of drug-likeness (QED) is 0.767. The van der Waals surface area contributed by atoms with Gasteiger partial charge >= 0.3 is 5.97 Å². The molecule has 0 aliphatic carbocycles. The number of rotatable bonds is 1. The molecular weight excluding hydrogens is 218 g/mol. The molecule has 2 heterocycles. The smallest absolute Gasteiger partial charge is 0.354 e. The van der Waals surface area contributed by atoms with Crippen LogP contribution < -0.4 is 4.74 Å². The largest absolute Gasteiger partial charge is 0.492 e. The number of aromatic amines is 1. The first-order valence-electron chi connectivity index (χ1n) is 5.57. The second-order valence-electron chi connectivity index (χ2n) is 4.33. The van der Waals surface area contributed by atoms with Gasteiger partial charge in [0.05, 0.1) is 13.7 Å². The van der Waals surface area contributed by atoms with E-state index in [-0.39, 0.29) is 5.97 Å². The van der Waals surface area contributed by atoms with E-state index < -0.39 is 0 Å². The molecule has 0 spiro atoms. The lowest BCUT2D eigenvalue weighted by atomic mass is 10.0. The Hall–Kier alpha value is -1.97. The Morgan fingerprint density at radius 1 is 1.53 bits per heavy atom. The molecule has 3 rings (SSSR count). The Morgan fingerprint density at radius 3 is 3.12 bits per heavy atom. The topological polar surface area (TPSA) is 51.3 Å². The van der Waals surface area contributed by atoms with Crippen LogP contribution in [0.1, 0.15) is 28.9 Å². The third-order valence-electron chi connectivity index (χ3n) is 3.20. The summed E-state index contributed by atoms with van der Waals surface area (Å²) in [6.07, 6.45) is 0. The van der Waals surface area contributed by atoms with Gasteiger partial charge in [0, 0.05) is 22.4 Å². The van der Waals surface area contributed by atoms with Gasteiger partial charge in [-0.3, -0.25) is 0 Å². The Labute approximate surface area is 98.5 Å². The molecule has 1 aromatic heterocycles. The Balaban J connectivity index is 2.20. The zero-order chi connectivity index (χ0) is 12.0. The Kier molecular flexibility index (Phi) is 2.11. The van der Waals surface area contributed by atoms with Crippen LogP contribution >= 0.6 is 0 Å². The first-order valence-corrected chi connectivity index (χ1v) is 5.57. The van der Waals surface area contributed by atoms with Gasteiger partial charge in [0.1, 0.15) is 11.4 Å². The maximum Gasteiger partial charge on any atom is 0.354 e. The van der Waals surface area contributed by atoms with E-state index in [1.54, 1.807) is 6.07 Å². The SMILES string of the molecule is COC(=O)c1cc2c3c(ccc2[nH]1)[C@H](C)CO3. The predicted molar refractivity (Wildman–Crippen MR) is 63.5 cm³/mol. The molecule has 0 radical (unpaired) electrons. The second kappa shape index (κ2) is 3.52. The van der Waals surface area contributed by atoms with Gasteiger partial charge in [0.15, 0.2) is 0 Å². The van der Waals surface area contributed by atoms with Crippen LogP contribution in [0.3, 0.4) is 0 Å². The van der Waals surface area contributed by atoms with E-state index in [2.05, 4.69) is 11.9 Å². The zero-order valence-corrected chi connectivity index (χ0v) is 9.74. The normalized spacial score (nSPS) is 17.9.